The molecule has 0 aliphatic carbocycles. The van der Waals surface area contributed by atoms with Gasteiger partial charge in [-0.2, -0.15) is 0 Å². The second-order valence-corrected chi connectivity index (χ2v) is 5.28. The van der Waals surface area contributed by atoms with Gasteiger partial charge in [-0.05, 0) is 29.1 Å². The molecule has 0 bridgehead atoms. The lowest BCUT2D eigenvalue weighted by Gasteiger charge is -2.09. The Bertz CT molecular complexity index is 704. The van der Waals surface area contributed by atoms with Gasteiger partial charge in [0.2, 0.25) is 0 Å². The van der Waals surface area contributed by atoms with Crippen molar-refractivity contribution in [2.24, 2.45) is 0 Å². The van der Waals surface area contributed by atoms with Crippen molar-refractivity contribution in [2.75, 3.05) is 5.32 Å². The van der Waals surface area contributed by atoms with Crippen LogP contribution in [-0.2, 0) is 6.54 Å². The van der Waals surface area contributed by atoms with Crippen LogP contribution >= 0.6 is 15.9 Å². The van der Waals surface area contributed by atoms with Crippen LogP contribution in [0, 0.1) is 0 Å². The van der Waals surface area contributed by atoms with Gasteiger partial charge >= 0.3 is 0 Å². The summed E-state index contributed by atoms with van der Waals surface area (Å²) in [5.74, 6) is 0.929. The van der Waals surface area contributed by atoms with Crippen LogP contribution in [0.15, 0.2) is 65.3 Å². The Labute approximate surface area is 120 Å². The van der Waals surface area contributed by atoms with Crippen LogP contribution in [-0.4, -0.2) is 4.98 Å². The van der Waals surface area contributed by atoms with E-state index < -0.39 is 0 Å². The smallest absolute Gasteiger partial charge is 0.134 e. The topological polar surface area (TPSA) is 24.9 Å². The molecule has 2 nitrogen and oxygen atoms in total. The van der Waals surface area contributed by atoms with E-state index in [-0.39, 0.29) is 0 Å². The summed E-state index contributed by atoms with van der Waals surface area (Å²) in [6.07, 6.45) is 1.84. The standard InChI is InChI=1S/C16H13BrN2/c17-14-6-3-4-12(10-14)11-19-16-15-7-2-1-5-13(15)8-9-18-16/h1-10H,11H2,(H,18,19). The van der Waals surface area contributed by atoms with Gasteiger partial charge in [0, 0.05) is 22.6 Å². The van der Waals surface area contributed by atoms with Crippen LogP contribution in [0.3, 0.4) is 0 Å². The highest BCUT2D eigenvalue weighted by molar-refractivity contribution is 9.10. The third-order valence-corrected chi connectivity index (χ3v) is 3.52. The summed E-state index contributed by atoms with van der Waals surface area (Å²) in [4.78, 5) is 4.42. The third-order valence-electron chi connectivity index (χ3n) is 3.02. The maximum atomic E-state index is 4.42. The molecule has 1 N–H and O–H groups in total. The molecule has 2 aromatic carbocycles. The Balaban J connectivity index is 1.86. The van der Waals surface area contributed by atoms with Crippen molar-refractivity contribution in [2.45, 2.75) is 6.54 Å². The Morgan fingerprint density at radius 2 is 1.89 bits per heavy atom. The van der Waals surface area contributed by atoms with Crippen molar-refractivity contribution in [3.8, 4) is 0 Å². The van der Waals surface area contributed by atoms with Gasteiger partial charge in [-0.25, -0.2) is 4.98 Å². The molecule has 0 unspecified atom stereocenters. The van der Waals surface area contributed by atoms with E-state index in [1.54, 1.807) is 0 Å². The summed E-state index contributed by atoms with van der Waals surface area (Å²) in [5, 5.41) is 5.75. The van der Waals surface area contributed by atoms with Crippen LogP contribution in [0.1, 0.15) is 5.56 Å². The van der Waals surface area contributed by atoms with Gasteiger partial charge in [0.25, 0.3) is 0 Å². The van der Waals surface area contributed by atoms with Gasteiger partial charge in [-0.1, -0.05) is 52.3 Å². The van der Waals surface area contributed by atoms with E-state index in [0.29, 0.717) is 0 Å². The van der Waals surface area contributed by atoms with Gasteiger partial charge in [0.15, 0.2) is 0 Å². The molecule has 94 valence electrons. The molecule has 1 aromatic heterocycles. The molecule has 3 rings (SSSR count). The normalized spacial score (nSPS) is 10.6. The minimum Gasteiger partial charge on any atom is -0.365 e. The largest absolute Gasteiger partial charge is 0.365 e. The average Bonchev–Trinajstić information content (AvgIpc) is 2.45. The first-order valence-electron chi connectivity index (χ1n) is 6.15. The quantitative estimate of drug-likeness (QED) is 0.764. The third kappa shape index (κ3) is 2.76. The first-order valence-corrected chi connectivity index (χ1v) is 6.94. The van der Waals surface area contributed by atoms with Crippen molar-refractivity contribution in [3.05, 3.63) is 70.8 Å². The summed E-state index contributed by atoms with van der Waals surface area (Å²) >= 11 is 3.48. The number of aromatic nitrogens is 1. The molecular formula is C16H13BrN2. The van der Waals surface area contributed by atoms with E-state index in [2.05, 4.69) is 50.5 Å². The zero-order chi connectivity index (χ0) is 13.1. The maximum Gasteiger partial charge on any atom is 0.134 e. The molecule has 19 heavy (non-hydrogen) atoms. The molecule has 0 fully saturated rings. The highest BCUT2D eigenvalue weighted by atomic mass is 79.9. The van der Waals surface area contributed by atoms with Crippen LogP contribution in [0.4, 0.5) is 5.82 Å². The lowest BCUT2D eigenvalue weighted by molar-refractivity contribution is 1.12. The molecule has 1 heterocycles. The Morgan fingerprint density at radius 1 is 1.00 bits per heavy atom. The van der Waals surface area contributed by atoms with Gasteiger partial charge in [-0.15, -0.1) is 0 Å². The number of rotatable bonds is 3. The number of hydrogen-bond acceptors (Lipinski definition) is 2. The second-order valence-electron chi connectivity index (χ2n) is 4.36. The minimum atomic E-state index is 0.764. The number of pyridine rings is 1. The summed E-state index contributed by atoms with van der Waals surface area (Å²) in [5.41, 5.74) is 1.23. The van der Waals surface area contributed by atoms with Crippen molar-refractivity contribution in [1.82, 2.24) is 4.98 Å². The summed E-state index contributed by atoms with van der Waals surface area (Å²) in [6, 6.07) is 18.6. The minimum absolute atomic E-state index is 0.764. The Hall–Kier alpha value is -1.87. The lowest BCUT2D eigenvalue weighted by atomic mass is 10.1. The maximum absolute atomic E-state index is 4.42. The predicted octanol–water partition coefficient (Wildman–Crippen LogP) is 4.61. The summed E-state index contributed by atoms with van der Waals surface area (Å²) < 4.78 is 1.10. The van der Waals surface area contributed by atoms with Crippen molar-refractivity contribution < 1.29 is 0 Å². The molecule has 0 aliphatic heterocycles. The molecule has 0 aliphatic rings. The van der Waals surface area contributed by atoms with Gasteiger partial charge in [0.1, 0.15) is 5.82 Å². The highest BCUT2D eigenvalue weighted by Gasteiger charge is 2.01. The molecule has 3 aromatic rings. The fourth-order valence-electron chi connectivity index (χ4n) is 2.09. The van der Waals surface area contributed by atoms with E-state index in [1.165, 1.54) is 10.9 Å². The van der Waals surface area contributed by atoms with Crippen molar-refractivity contribution >= 4 is 32.5 Å². The first-order chi connectivity index (χ1) is 9.33. The number of nitrogens with one attached hydrogen (secondary N) is 1. The number of nitrogens with zero attached hydrogens (tertiary/aromatic N) is 1. The van der Waals surface area contributed by atoms with E-state index >= 15 is 0 Å². The lowest BCUT2D eigenvalue weighted by Crippen LogP contribution is -2.01. The van der Waals surface area contributed by atoms with E-state index in [9.17, 15) is 0 Å². The molecule has 0 spiro atoms. The fraction of sp³-hybridized carbons (Fsp3) is 0.0625. The van der Waals surface area contributed by atoms with E-state index in [0.717, 1.165) is 22.2 Å². The average molecular weight is 313 g/mol. The summed E-state index contributed by atoms with van der Waals surface area (Å²) in [6.45, 7) is 0.764. The number of fused-ring (bicyclic) bond motifs is 1. The summed E-state index contributed by atoms with van der Waals surface area (Å²) in [7, 11) is 0. The molecule has 0 radical (unpaired) electrons. The van der Waals surface area contributed by atoms with Crippen molar-refractivity contribution in [1.29, 1.82) is 0 Å². The first kappa shape index (κ1) is 12.2. The van der Waals surface area contributed by atoms with Gasteiger partial charge < -0.3 is 5.32 Å². The zero-order valence-electron chi connectivity index (χ0n) is 10.3. The van der Waals surface area contributed by atoms with E-state index in [4.69, 9.17) is 0 Å². The Kier molecular flexibility index (Phi) is 3.47. The fourth-order valence-corrected chi connectivity index (χ4v) is 2.54. The van der Waals surface area contributed by atoms with Crippen molar-refractivity contribution in [3.63, 3.8) is 0 Å². The molecule has 0 amide bonds. The molecule has 0 saturated carbocycles. The molecule has 0 saturated heterocycles. The zero-order valence-corrected chi connectivity index (χ0v) is 11.9. The van der Waals surface area contributed by atoms with Crippen LogP contribution < -0.4 is 5.32 Å². The predicted molar refractivity (Wildman–Crippen MR) is 83.2 cm³/mol. The number of hydrogen-bond donors (Lipinski definition) is 1. The highest BCUT2D eigenvalue weighted by Crippen LogP contribution is 2.21. The second kappa shape index (κ2) is 5.41. The van der Waals surface area contributed by atoms with Crippen LogP contribution in [0.5, 0.6) is 0 Å². The van der Waals surface area contributed by atoms with Gasteiger partial charge in [0.05, 0.1) is 0 Å². The molecular weight excluding hydrogens is 300 g/mol. The number of anilines is 1. The van der Waals surface area contributed by atoms with Crippen LogP contribution in [0.2, 0.25) is 0 Å². The number of benzene rings is 2. The SMILES string of the molecule is Brc1cccc(CNc2nccc3ccccc23)c1. The molecule has 0 atom stereocenters. The van der Waals surface area contributed by atoms with Gasteiger partial charge in [-0.3, -0.25) is 0 Å². The molecule has 3 heteroatoms. The monoisotopic (exact) mass is 312 g/mol. The van der Waals surface area contributed by atoms with E-state index in [1.807, 2.05) is 36.5 Å². The Morgan fingerprint density at radius 3 is 2.79 bits per heavy atom. The number of halogens is 1. The van der Waals surface area contributed by atoms with Crippen LogP contribution in [0.25, 0.3) is 10.8 Å².